The molecule has 2 rings (SSSR count). The molecule has 0 aromatic rings. The summed E-state index contributed by atoms with van der Waals surface area (Å²) >= 11 is 0. The third kappa shape index (κ3) is 11.1. The number of unbranched alkanes of at least 4 members (excludes halogenated alkanes) is 5. The van der Waals surface area contributed by atoms with Crippen LogP contribution in [0.5, 0.6) is 0 Å². The van der Waals surface area contributed by atoms with Gasteiger partial charge < -0.3 is 39.4 Å². The van der Waals surface area contributed by atoms with E-state index in [0.29, 0.717) is 32.5 Å². The van der Waals surface area contributed by atoms with Crippen LogP contribution in [0.4, 0.5) is 0 Å². The van der Waals surface area contributed by atoms with Gasteiger partial charge in [-0.2, -0.15) is 0 Å². The molecular weight excluding hydrogens is 479 g/mol. The minimum absolute atomic E-state index is 0. The Labute approximate surface area is 236 Å². The van der Waals surface area contributed by atoms with Gasteiger partial charge in [0.2, 0.25) is 0 Å². The Morgan fingerprint density at radius 2 is 1.75 bits per heavy atom. The monoisotopic (exact) mass is 522 g/mol. The van der Waals surface area contributed by atoms with Crippen molar-refractivity contribution < 1.29 is 73.8 Å². The number of hydrogen-bond donors (Lipinski definition) is 3. The molecule has 10 heteroatoms. The number of aliphatic hydroxyl groups excluding tert-OH is 3. The van der Waals surface area contributed by atoms with Crippen molar-refractivity contribution in [2.24, 2.45) is 11.8 Å². The van der Waals surface area contributed by atoms with Crippen molar-refractivity contribution in [2.45, 2.75) is 115 Å². The molecule has 0 bridgehead atoms. The molecule has 2 aliphatic heterocycles. The smallest absolute Gasteiger partial charge is 0.550 e. The van der Waals surface area contributed by atoms with Crippen LogP contribution in [-0.2, 0) is 23.8 Å². The molecule has 3 N–H and O–H groups in total. The molecule has 8 atom stereocenters. The van der Waals surface area contributed by atoms with Gasteiger partial charge in [0.05, 0.1) is 43.7 Å². The molecule has 0 radical (unpaired) electrons. The summed E-state index contributed by atoms with van der Waals surface area (Å²) in [5, 5.41) is 41.4. The van der Waals surface area contributed by atoms with Crippen molar-refractivity contribution >= 4 is 11.9 Å². The summed E-state index contributed by atoms with van der Waals surface area (Å²) in [6.45, 7) is 5.94. The molecule has 36 heavy (non-hydrogen) atoms. The first-order valence-corrected chi connectivity index (χ1v) is 12.9. The second-order valence-corrected chi connectivity index (χ2v) is 10.2. The number of carbonyl (C=O) groups excluding carboxylic acids is 2. The number of carbonyl (C=O) groups is 2. The van der Waals surface area contributed by atoms with Crippen molar-refractivity contribution in [1.82, 2.24) is 0 Å². The number of carboxylic acid groups (broad SMARTS) is 1. The SMILES string of the molecule is C/C(=C\C(=O)OCCCCCCCCC(=O)[O-])CC1OCC2CC(C(O)C(C)C(C)O)OC2C1O.[Na+]. The summed E-state index contributed by atoms with van der Waals surface area (Å²) < 4.78 is 17.1. The van der Waals surface area contributed by atoms with E-state index < -0.39 is 48.6 Å². The number of rotatable bonds is 15. The summed E-state index contributed by atoms with van der Waals surface area (Å²) in [5.41, 5.74) is 0.739. The van der Waals surface area contributed by atoms with Crippen LogP contribution < -0.4 is 34.7 Å². The van der Waals surface area contributed by atoms with E-state index in [1.165, 1.54) is 6.08 Å². The predicted molar refractivity (Wildman–Crippen MR) is 126 cm³/mol. The first kappa shape index (κ1) is 33.5. The molecule has 202 valence electrons. The third-order valence-electron chi connectivity index (χ3n) is 7.16. The summed E-state index contributed by atoms with van der Waals surface area (Å²) in [5.74, 6) is -1.79. The summed E-state index contributed by atoms with van der Waals surface area (Å²) in [6.07, 6.45) is 3.77. The average molecular weight is 523 g/mol. The molecule has 0 aromatic heterocycles. The minimum Gasteiger partial charge on any atom is -0.550 e. The van der Waals surface area contributed by atoms with Crippen LogP contribution in [0.25, 0.3) is 0 Å². The van der Waals surface area contributed by atoms with Gasteiger partial charge in [0.25, 0.3) is 0 Å². The first-order valence-electron chi connectivity index (χ1n) is 12.9. The second-order valence-electron chi connectivity index (χ2n) is 10.2. The Hall–Kier alpha value is -0.520. The van der Waals surface area contributed by atoms with Crippen LogP contribution in [0.2, 0.25) is 0 Å². The number of aliphatic carboxylic acids is 1. The maximum Gasteiger partial charge on any atom is 1.00 e. The molecule has 0 aromatic carbocycles. The number of carboxylic acids is 1. The molecule has 0 aliphatic carbocycles. The fourth-order valence-electron chi connectivity index (χ4n) is 4.77. The molecule has 0 amide bonds. The van der Waals surface area contributed by atoms with Crippen LogP contribution >= 0.6 is 0 Å². The molecule has 2 heterocycles. The maximum absolute atomic E-state index is 12.1. The normalized spacial score (nSPS) is 28.5. The van der Waals surface area contributed by atoms with Gasteiger partial charge >= 0.3 is 35.5 Å². The van der Waals surface area contributed by atoms with E-state index in [0.717, 1.165) is 37.7 Å². The fourth-order valence-corrected chi connectivity index (χ4v) is 4.77. The Bertz CT molecular complexity index is 699. The van der Waals surface area contributed by atoms with Gasteiger partial charge in [-0.05, 0) is 46.0 Å². The van der Waals surface area contributed by atoms with Crippen LogP contribution in [0, 0.1) is 11.8 Å². The summed E-state index contributed by atoms with van der Waals surface area (Å²) in [7, 11) is 0. The zero-order valence-electron chi connectivity index (χ0n) is 22.3. The van der Waals surface area contributed by atoms with Gasteiger partial charge in [-0.25, -0.2) is 4.79 Å². The largest absolute Gasteiger partial charge is 1.00 e. The van der Waals surface area contributed by atoms with Crippen LogP contribution in [0.15, 0.2) is 11.6 Å². The van der Waals surface area contributed by atoms with Gasteiger partial charge in [-0.1, -0.05) is 38.2 Å². The molecule has 2 fully saturated rings. The minimum atomic E-state index is -1.01. The Morgan fingerprint density at radius 3 is 2.39 bits per heavy atom. The van der Waals surface area contributed by atoms with Gasteiger partial charge in [-0.3, -0.25) is 0 Å². The Kier molecular flexibility index (Phi) is 16.0. The average Bonchev–Trinajstić information content (AvgIpc) is 3.23. The zero-order chi connectivity index (χ0) is 26.0. The summed E-state index contributed by atoms with van der Waals surface area (Å²) in [4.78, 5) is 22.5. The van der Waals surface area contributed by atoms with Crippen molar-refractivity contribution in [3.8, 4) is 0 Å². The van der Waals surface area contributed by atoms with Crippen molar-refractivity contribution in [3.63, 3.8) is 0 Å². The van der Waals surface area contributed by atoms with E-state index in [-0.39, 0.29) is 47.8 Å². The van der Waals surface area contributed by atoms with E-state index in [1.807, 2.05) is 0 Å². The number of hydrogen-bond acceptors (Lipinski definition) is 9. The maximum atomic E-state index is 12.1. The first-order chi connectivity index (χ1) is 16.6. The predicted octanol–water partition coefficient (Wildman–Crippen LogP) is -1.74. The van der Waals surface area contributed by atoms with E-state index in [4.69, 9.17) is 14.2 Å². The molecule has 9 nitrogen and oxygen atoms in total. The molecule has 2 aliphatic rings. The fraction of sp³-hybridized carbons (Fsp3) is 0.846. The number of esters is 1. The van der Waals surface area contributed by atoms with Crippen molar-refractivity contribution in [3.05, 3.63) is 11.6 Å². The Balaban J connectivity index is 0.00000648. The standard InChI is InChI=1S/C26H44O9.Na/c1-16(13-23(30)33-11-9-7-5-4-6-8-10-22(28)29)12-20-25(32)26-19(15-34-20)14-21(35-26)24(31)17(2)18(3)27;/h13,17-21,24-27,31-32H,4-12,14-15H2,1-3H3,(H,28,29);/q;+1/p-1/b16-13+;. The third-order valence-corrected chi connectivity index (χ3v) is 7.16. The van der Waals surface area contributed by atoms with Gasteiger partial charge in [0.15, 0.2) is 0 Å². The number of aliphatic hydroxyl groups is 3. The second kappa shape index (κ2) is 17.1. The van der Waals surface area contributed by atoms with Crippen molar-refractivity contribution in [1.29, 1.82) is 0 Å². The van der Waals surface area contributed by atoms with E-state index in [9.17, 15) is 30.0 Å². The number of fused-ring (bicyclic) bond motifs is 1. The van der Waals surface area contributed by atoms with E-state index in [2.05, 4.69) is 0 Å². The zero-order valence-corrected chi connectivity index (χ0v) is 24.3. The van der Waals surface area contributed by atoms with Gasteiger partial charge in [0, 0.05) is 23.9 Å². The molecule has 0 spiro atoms. The van der Waals surface area contributed by atoms with Gasteiger partial charge in [-0.15, -0.1) is 0 Å². The molecule has 2 saturated heterocycles. The van der Waals surface area contributed by atoms with Gasteiger partial charge in [0.1, 0.15) is 6.10 Å². The van der Waals surface area contributed by atoms with Crippen LogP contribution in [0.1, 0.15) is 78.6 Å². The van der Waals surface area contributed by atoms with E-state index >= 15 is 0 Å². The van der Waals surface area contributed by atoms with E-state index in [1.54, 1.807) is 20.8 Å². The van der Waals surface area contributed by atoms with Crippen LogP contribution in [-0.4, -0.2) is 77.1 Å². The number of ether oxygens (including phenoxy) is 3. The quantitative estimate of drug-likeness (QED) is 0.0988. The Morgan fingerprint density at radius 1 is 1.11 bits per heavy atom. The molecule has 8 unspecified atom stereocenters. The molecule has 0 saturated carbocycles. The van der Waals surface area contributed by atoms with Crippen molar-refractivity contribution in [2.75, 3.05) is 13.2 Å². The molecular formula is C26H43NaO9. The van der Waals surface area contributed by atoms with Crippen LogP contribution in [0.3, 0.4) is 0 Å². The topological polar surface area (TPSA) is 146 Å². The summed E-state index contributed by atoms with van der Waals surface area (Å²) in [6, 6.07) is 0.